The summed E-state index contributed by atoms with van der Waals surface area (Å²) in [6.07, 6.45) is 3.99. The van der Waals surface area contributed by atoms with Gasteiger partial charge in [-0.15, -0.1) is 0 Å². The van der Waals surface area contributed by atoms with Crippen molar-refractivity contribution in [3.05, 3.63) is 30.1 Å². The molecule has 3 nitrogen and oxygen atoms in total. The molecule has 1 aliphatic heterocycles. The molecule has 0 aromatic heterocycles. The van der Waals surface area contributed by atoms with E-state index in [9.17, 15) is 9.50 Å². The molecule has 3 atom stereocenters. The highest BCUT2D eigenvalue weighted by Gasteiger charge is 2.34. The van der Waals surface area contributed by atoms with Crippen LogP contribution in [0.15, 0.2) is 24.3 Å². The van der Waals surface area contributed by atoms with Gasteiger partial charge in [-0.25, -0.2) is 4.39 Å². The Kier molecular flexibility index (Phi) is 3.94. The number of nitrogens with zero attached hydrogens (tertiary/aromatic N) is 1. The second-order valence-corrected chi connectivity index (χ2v) is 6.38. The average molecular weight is 278 g/mol. The van der Waals surface area contributed by atoms with Crippen LogP contribution in [0.25, 0.3) is 0 Å². The van der Waals surface area contributed by atoms with Gasteiger partial charge in [0.05, 0.1) is 6.10 Å². The van der Waals surface area contributed by atoms with Gasteiger partial charge in [-0.3, -0.25) is 0 Å². The molecule has 110 valence electrons. The Bertz CT molecular complexity index is 446. The van der Waals surface area contributed by atoms with Crippen molar-refractivity contribution in [2.75, 3.05) is 18.0 Å². The lowest BCUT2D eigenvalue weighted by Gasteiger charge is -2.38. The van der Waals surface area contributed by atoms with Crippen LogP contribution < -0.4 is 10.6 Å². The van der Waals surface area contributed by atoms with Crippen LogP contribution >= 0.6 is 0 Å². The molecule has 3 unspecified atom stereocenters. The predicted molar refractivity (Wildman–Crippen MR) is 78.0 cm³/mol. The number of hydrogen-bond donors (Lipinski definition) is 2. The number of rotatable bonds is 4. The van der Waals surface area contributed by atoms with Crippen LogP contribution in [0, 0.1) is 17.7 Å². The Morgan fingerprint density at radius 2 is 1.95 bits per heavy atom. The molecule has 3 rings (SSSR count). The first-order valence-electron chi connectivity index (χ1n) is 7.56. The van der Waals surface area contributed by atoms with E-state index in [0.29, 0.717) is 11.8 Å². The van der Waals surface area contributed by atoms with E-state index in [-0.39, 0.29) is 18.0 Å². The molecule has 2 aliphatic rings. The standard InChI is InChI=1S/C16H23FN2O/c17-13-3-5-15(6-4-13)19-9-11(7-14(18)10-19)8-16(20)12-1-2-12/h3-6,11-12,14,16,20H,1-2,7-10,18H2. The van der Waals surface area contributed by atoms with E-state index in [1.807, 2.05) is 12.1 Å². The van der Waals surface area contributed by atoms with E-state index < -0.39 is 0 Å². The van der Waals surface area contributed by atoms with Gasteiger partial charge in [0.25, 0.3) is 0 Å². The summed E-state index contributed by atoms with van der Waals surface area (Å²) in [5, 5.41) is 10.1. The number of aliphatic hydroxyl groups excluding tert-OH is 1. The summed E-state index contributed by atoms with van der Waals surface area (Å²) in [4.78, 5) is 2.22. The third-order valence-electron chi connectivity index (χ3n) is 4.50. The quantitative estimate of drug-likeness (QED) is 0.887. The van der Waals surface area contributed by atoms with E-state index in [1.165, 1.54) is 25.0 Å². The van der Waals surface area contributed by atoms with Gasteiger partial charge < -0.3 is 15.7 Å². The van der Waals surface area contributed by atoms with Gasteiger partial charge in [0, 0.05) is 24.8 Å². The number of halogens is 1. The maximum atomic E-state index is 13.0. The zero-order chi connectivity index (χ0) is 14.1. The number of nitrogens with two attached hydrogens (primary N) is 1. The molecule has 1 aromatic carbocycles. The normalized spacial score (nSPS) is 28.4. The SMILES string of the molecule is NC1CC(CC(O)C2CC2)CN(c2ccc(F)cc2)C1. The fraction of sp³-hybridized carbons (Fsp3) is 0.625. The second-order valence-electron chi connectivity index (χ2n) is 6.38. The van der Waals surface area contributed by atoms with Crippen molar-refractivity contribution in [3.8, 4) is 0 Å². The minimum atomic E-state index is -0.212. The van der Waals surface area contributed by atoms with Crippen molar-refractivity contribution in [2.45, 2.75) is 37.8 Å². The van der Waals surface area contributed by atoms with Crippen molar-refractivity contribution >= 4 is 5.69 Å². The Morgan fingerprint density at radius 3 is 2.60 bits per heavy atom. The van der Waals surface area contributed by atoms with E-state index in [2.05, 4.69) is 4.90 Å². The van der Waals surface area contributed by atoms with Crippen LogP contribution in [0.1, 0.15) is 25.7 Å². The molecule has 0 bridgehead atoms. The maximum absolute atomic E-state index is 13.0. The number of anilines is 1. The molecule has 1 saturated heterocycles. The summed E-state index contributed by atoms with van der Waals surface area (Å²) < 4.78 is 13.0. The third kappa shape index (κ3) is 3.30. The van der Waals surface area contributed by atoms with Gasteiger partial charge in [-0.2, -0.15) is 0 Å². The van der Waals surface area contributed by atoms with Crippen molar-refractivity contribution in [1.82, 2.24) is 0 Å². The first-order chi connectivity index (χ1) is 9.61. The van der Waals surface area contributed by atoms with Crippen molar-refractivity contribution < 1.29 is 9.50 Å². The summed E-state index contributed by atoms with van der Waals surface area (Å²) in [5.41, 5.74) is 7.17. The fourth-order valence-electron chi connectivity index (χ4n) is 3.29. The molecule has 1 saturated carbocycles. The molecule has 1 aliphatic carbocycles. The molecule has 0 radical (unpaired) electrons. The highest BCUT2D eigenvalue weighted by atomic mass is 19.1. The van der Waals surface area contributed by atoms with Gasteiger partial charge in [-0.05, 0) is 61.8 Å². The van der Waals surface area contributed by atoms with Crippen LogP contribution in [-0.4, -0.2) is 30.3 Å². The Balaban J connectivity index is 1.64. The molecular weight excluding hydrogens is 255 g/mol. The van der Waals surface area contributed by atoms with Crippen LogP contribution in [0.4, 0.5) is 10.1 Å². The average Bonchev–Trinajstić information content (AvgIpc) is 3.23. The van der Waals surface area contributed by atoms with Gasteiger partial charge in [-0.1, -0.05) is 0 Å². The van der Waals surface area contributed by atoms with E-state index in [1.54, 1.807) is 0 Å². The molecular formula is C16H23FN2O. The van der Waals surface area contributed by atoms with Crippen LogP contribution in [0.5, 0.6) is 0 Å². The van der Waals surface area contributed by atoms with E-state index >= 15 is 0 Å². The lowest BCUT2D eigenvalue weighted by Crippen LogP contribution is -2.47. The Morgan fingerprint density at radius 1 is 1.25 bits per heavy atom. The largest absolute Gasteiger partial charge is 0.393 e. The molecule has 20 heavy (non-hydrogen) atoms. The zero-order valence-electron chi connectivity index (χ0n) is 11.7. The summed E-state index contributed by atoms with van der Waals surface area (Å²) >= 11 is 0. The van der Waals surface area contributed by atoms with Gasteiger partial charge in [0.1, 0.15) is 5.82 Å². The predicted octanol–water partition coefficient (Wildman–Crippen LogP) is 2.14. The van der Waals surface area contributed by atoms with Crippen LogP contribution in [0.2, 0.25) is 0 Å². The minimum absolute atomic E-state index is 0.130. The number of aliphatic hydroxyl groups is 1. The summed E-state index contributed by atoms with van der Waals surface area (Å²) in [7, 11) is 0. The lowest BCUT2D eigenvalue weighted by molar-refractivity contribution is 0.114. The zero-order valence-corrected chi connectivity index (χ0v) is 11.7. The molecule has 0 spiro atoms. The Labute approximate surface area is 119 Å². The Hall–Kier alpha value is -1.13. The van der Waals surface area contributed by atoms with Gasteiger partial charge in [0.2, 0.25) is 0 Å². The smallest absolute Gasteiger partial charge is 0.123 e. The number of piperidine rings is 1. The number of benzene rings is 1. The van der Waals surface area contributed by atoms with Crippen molar-refractivity contribution in [3.63, 3.8) is 0 Å². The number of hydrogen-bond acceptors (Lipinski definition) is 3. The topological polar surface area (TPSA) is 49.5 Å². The van der Waals surface area contributed by atoms with Gasteiger partial charge in [0.15, 0.2) is 0 Å². The van der Waals surface area contributed by atoms with E-state index in [0.717, 1.165) is 31.6 Å². The monoisotopic (exact) mass is 278 g/mol. The molecule has 1 heterocycles. The van der Waals surface area contributed by atoms with Crippen molar-refractivity contribution in [1.29, 1.82) is 0 Å². The molecule has 3 N–H and O–H groups in total. The summed E-state index contributed by atoms with van der Waals surface area (Å²) in [6.45, 7) is 1.71. The van der Waals surface area contributed by atoms with Crippen LogP contribution in [-0.2, 0) is 0 Å². The van der Waals surface area contributed by atoms with Crippen molar-refractivity contribution in [2.24, 2.45) is 17.6 Å². The van der Waals surface area contributed by atoms with Gasteiger partial charge >= 0.3 is 0 Å². The first-order valence-corrected chi connectivity index (χ1v) is 7.56. The maximum Gasteiger partial charge on any atom is 0.123 e. The first kappa shape index (κ1) is 13.8. The van der Waals surface area contributed by atoms with Crippen LogP contribution in [0.3, 0.4) is 0 Å². The highest BCUT2D eigenvalue weighted by Crippen LogP contribution is 2.36. The third-order valence-corrected chi connectivity index (χ3v) is 4.50. The molecule has 2 fully saturated rings. The fourth-order valence-corrected chi connectivity index (χ4v) is 3.29. The summed E-state index contributed by atoms with van der Waals surface area (Å²) in [5.74, 6) is 0.739. The molecule has 4 heteroatoms. The molecule has 1 aromatic rings. The molecule has 0 amide bonds. The van der Waals surface area contributed by atoms with E-state index in [4.69, 9.17) is 5.73 Å². The minimum Gasteiger partial charge on any atom is -0.393 e. The second kappa shape index (κ2) is 5.70. The summed E-state index contributed by atoms with van der Waals surface area (Å²) in [6, 6.07) is 6.72. The highest BCUT2D eigenvalue weighted by molar-refractivity contribution is 5.47. The lowest BCUT2D eigenvalue weighted by atomic mass is 9.88.